The molecule has 7 rings (SSSR count). The number of methoxy groups -OCH3 is 1. The van der Waals surface area contributed by atoms with Crippen molar-refractivity contribution in [3.05, 3.63) is 161 Å². The van der Waals surface area contributed by atoms with Crippen LogP contribution in [-0.4, -0.2) is 30.3 Å². The van der Waals surface area contributed by atoms with Gasteiger partial charge < -0.3 is 14.9 Å². The van der Waals surface area contributed by atoms with Gasteiger partial charge in [0.05, 0.1) is 42.2 Å². The molecule has 300 valence electrons. The number of azo groups is 4. The van der Waals surface area contributed by atoms with Crippen molar-refractivity contribution in [2.75, 3.05) is 7.11 Å². The van der Waals surface area contributed by atoms with Gasteiger partial charge in [-0.1, -0.05) is 66.7 Å². The Labute approximate surface area is 345 Å². The van der Waals surface area contributed by atoms with Crippen LogP contribution in [0.2, 0.25) is 0 Å². The van der Waals surface area contributed by atoms with Gasteiger partial charge in [0.25, 0.3) is 10.1 Å². The van der Waals surface area contributed by atoms with Crippen molar-refractivity contribution in [1.82, 2.24) is 0 Å². The third kappa shape index (κ3) is 9.67. The molecule has 15 heteroatoms. The van der Waals surface area contributed by atoms with Gasteiger partial charge in [0.2, 0.25) is 0 Å². The lowest BCUT2D eigenvalue weighted by molar-refractivity contribution is 0.282. The summed E-state index contributed by atoms with van der Waals surface area (Å²) >= 11 is 0. The summed E-state index contributed by atoms with van der Waals surface area (Å²) in [4.78, 5) is -0.335. The van der Waals surface area contributed by atoms with Crippen LogP contribution in [0.3, 0.4) is 0 Å². The first-order valence-electron chi connectivity index (χ1n) is 18.5. The standard InChI is InChI=1S/C45H38N8O6S/c1-28-21-35(15-19-37(28)48-46-34-16-20-38(29(2)22-34)49-50-39-11-7-8-12-44(39)60(56,57)58)47-52-41-26-43(59-3)42(25-33(41)27-54)53-51-40-18-14-32-24-31(13-17-36(32)45(40)55)23-30-9-5-4-6-10-30/h4-22,24-26,54-55H,23,27H2,1-3H3,(H,56,57,58). The molecule has 0 aliphatic carbocycles. The number of hydrogen-bond donors (Lipinski definition) is 3. The predicted molar refractivity (Wildman–Crippen MR) is 229 cm³/mol. The summed E-state index contributed by atoms with van der Waals surface area (Å²) in [5.74, 6) is 0.350. The summed E-state index contributed by atoms with van der Waals surface area (Å²) < 4.78 is 38.4. The van der Waals surface area contributed by atoms with Crippen LogP contribution in [0.15, 0.2) is 179 Å². The van der Waals surface area contributed by atoms with Gasteiger partial charge in [-0.05, 0) is 109 Å². The van der Waals surface area contributed by atoms with Gasteiger partial charge in [-0.25, -0.2) is 0 Å². The van der Waals surface area contributed by atoms with Gasteiger partial charge in [0, 0.05) is 17.0 Å². The number of aromatic hydroxyl groups is 1. The minimum atomic E-state index is -4.46. The summed E-state index contributed by atoms with van der Waals surface area (Å²) in [6.45, 7) is 3.32. The summed E-state index contributed by atoms with van der Waals surface area (Å²) in [5.41, 5.74) is 7.47. The largest absolute Gasteiger partial charge is 0.505 e. The highest BCUT2D eigenvalue weighted by Gasteiger charge is 2.15. The minimum absolute atomic E-state index is 0.00640. The summed E-state index contributed by atoms with van der Waals surface area (Å²) in [7, 11) is -2.97. The Hall–Kier alpha value is -7.33. The predicted octanol–water partition coefficient (Wildman–Crippen LogP) is 13.2. The quantitative estimate of drug-likeness (QED) is 0.0762. The van der Waals surface area contributed by atoms with E-state index in [0.29, 0.717) is 50.8 Å². The maximum Gasteiger partial charge on any atom is 0.296 e. The number of benzene rings is 7. The number of aliphatic hydroxyl groups excluding tert-OH is 1. The van der Waals surface area contributed by atoms with Crippen LogP contribution < -0.4 is 4.74 Å². The van der Waals surface area contributed by atoms with Crippen molar-refractivity contribution in [3.8, 4) is 11.5 Å². The van der Waals surface area contributed by atoms with E-state index in [9.17, 15) is 23.2 Å². The van der Waals surface area contributed by atoms with E-state index >= 15 is 0 Å². The Morgan fingerprint density at radius 1 is 0.550 bits per heavy atom. The smallest absolute Gasteiger partial charge is 0.296 e. The van der Waals surface area contributed by atoms with Gasteiger partial charge >= 0.3 is 0 Å². The number of hydrogen-bond acceptors (Lipinski definition) is 13. The molecule has 0 atom stereocenters. The molecule has 0 fully saturated rings. The fourth-order valence-electron chi connectivity index (χ4n) is 6.26. The second-order valence-electron chi connectivity index (χ2n) is 13.6. The molecule has 0 radical (unpaired) electrons. The van der Waals surface area contributed by atoms with E-state index in [0.717, 1.165) is 28.5 Å². The SMILES string of the molecule is COc1cc(N=Nc2ccc(N=Nc3ccc(N=Nc4ccccc4S(=O)(=O)O)c(C)c3)c(C)c2)c(CO)cc1N=Nc1ccc2cc(Cc3ccccc3)ccc2c1O. The molecule has 0 amide bonds. The van der Waals surface area contributed by atoms with E-state index < -0.39 is 10.1 Å². The maximum atomic E-state index is 11.7. The number of ether oxygens (including phenoxy) is 1. The third-order valence-electron chi connectivity index (χ3n) is 9.42. The van der Waals surface area contributed by atoms with E-state index in [1.165, 1.54) is 30.9 Å². The lowest BCUT2D eigenvalue weighted by atomic mass is 10.0. The molecular weight excluding hydrogens is 781 g/mol. The highest BCUT2D eigenvalue weighted by atomic mass is 32.2. The lowest BCUT2D eigenvalue weighted by Crippen LogP contribution is -1.97. The monoisotopic (exact) mass is 818 g/mol. The van der Waals surface area contributed by atoms with Crippen LogP contribution in [0.4, 0.5) is 45.5 Å². The van der Waals surface area contributed by atoms with Crippen LogP contribution in [0.1, 0.15) is 27.8 Å². The number of fused-ring (bicyclic) bond motifs is 1. The third-order valence-corrected chi connectivity index (χ3v) is 10.3. The molecule has 0 saturated carbocycles. The van der Waals surface area contributed by atoms with Gasteiger partial charge in [-0.2, -0.15) is 34.0 Å². The Morgan fingerprint density at radius 3 is 1.78 bits per heavy atom. The highest BCUT2D eigenvalue weighted by Crippen LogP contribution is 2.40. The number of aliphatic hydroxyl groups is 1. The van der Waals surface area contributed by atoms with Crippen molar-refractivity contribution in [2.24, 2.45) is 40.9 Å². The zero-order valence-corrected chi connectivity index (χ0v) is 33.5. The Kier molecular flexibility index (Phi) is 12.3. The van der Waals surface area contributed by atoms with E-state index in [-0.39, 0.29) is 28.6 Å². The Morgan fingerprint density at radius 2 is 1.13 bits per heavy atom. The molecule has 7 aromatic carbocycles. The molecule has 0 aliphatic rings. The number of rotatable bonds is 13. The molecule has 0 bridgehead atoms. The molecule has 0 saturated heterocycles. The molecule has 0 unspecified atom stereocenters. The zero-order valence-electron chi connectivity index (χ0n) is 32.7. The molecule has 0 spiro atoms. The molecule has 0 aliphatic heterocycles. The van der Waals surface area contributed by atoms with Crippen LogP contribution in [0, 0.1) is 13.8 Å². The topological polar surface area (TPSA) is 203 Å². The van der Waals surface area contributed by atoms with Gasteiger partial charge in [-0.3, -0.25) is 4.55 Å². The van der Waals surface area contributed by atoms with Crippen molar-refractivity contribution < 1.29 is 27.9 Å². The van der Waals surface area contributed by atoms with Crippen molar-refractivity contribution >= 4 is 66.4 Å². The first-order valence-corrected chi connectivity index (χ1v) is 20.0. The molecule has 14 nitrogen and oxygen atoms in total. The van der Waals surface area contributed by atoms with E-state index in [1.807, 2.05) is 50.2 Å². The van der Waals surface area contributed by atoms with E-state index in [1.54, 1.807) is 60.7 Å². The van der Waals surface area contributed by atoms with Crippen molar-refractivity contribution in [2.45, 2.75) is 31.8 Å². The summed E-state index contributed by atoms with van der Waals surface area (Å²) in [6, 6.07) is 39.2. The normalized spacial score (nSPS) is 12.2. The molecule has 0 aromatic heterocycles. The Balaban J connectivity index is 1.03. The van der Waals surface area contributed by atoms with Gasteiger partial charge in [0.1, 0.15) is 27.7 Å². The lowest BCUT2D eigenvalue weighted by Gasteiger charge is -2.09. The Bertz CT molecular complexity index is 2950. The molecule has 7 aromatic rings. The van der Waals surface area contributed by atoms with Crippen molar-refractivity contribution in [1.29, 1.82) is 0 Å². The van der Waals surface area contributed by atoms with Gasteiger partial charge in [0.15, 0.2) is 5.75 Å². The summed E-state index contributed by atoms with van der Waals surface area (Å²) in [5, 5.41) is 57.2. The highest BCUT2D eigenvalue weighted by molar-refractivity contribution is 7.86. The number of phenols is 1. The average molecular weight is 819 g/mol. The zero-order chi connectivity index (χ0) is 42.2. The molecule has 0 heterocycles. The fourth-order valence-corrected chi connectivity index (χ4v) is 6.88. The second-order valence-corrected chi connectivity index (χ2v) is 15.0. The number of phenolic OH excluding ortho intramolecular Hbond substituents is 1. The van der Waals surface area contributed by atoms with E-state index in [4.69, 9.17) is 4.74 Å². The minimum Gasteiger partial charge on any atom is -0.505 e. The molecule has 60 heavy (non-hydrogen) atoms. The van der Waals surface area contributed by atoms with E-state index in [2.05, 4.69) is 59.1 Å². The van der Waals surface area contributed by atoms with Crippen LogP contribution >= 0.6 is 0 Å². The first kappa shape index (κ1) is 40.9. The molecular formula is C45H38N8O6S. The van der Waals surface area contributed by atoms with Crippen LogP contribution in [0.5, 0.6) is 11.5 Å². The first-order chi connectivity index (χ1) is 29.0. The molecule has 3 N–H and O–H groups in total. The van der Waals surface area contributed by atoms with Crippen LogP contribution in [-0.2, 0) is 23.1 Å². The number of nitrogens with zero attached hydrogens (tertiary/aromatic N) is 8. The summed E-state index contributed by atoms with van der Waals surface area (Å²) in [6.07, 6.45) is 0.779. The van der Waals surface area contributed by atoms with Crippen molar-refractivity contribution in [3.63, 3.8) is 0 Å². The maximum absolute atomic E-state index is 11.7. The average Bonchev–Trinajstić information content (AvgIpc) is 3.24. The second kappa shape index (κ2) is 18.1. The fraction of sp³-hybridized carbons (Fsp3) is 0.111. The number of aryl methyl sites for hydroxylation is 2. The van der Waals surface area contributed by atoms with Gasteiger partial charge in [-0.15, -0.1) is 15.3 Å². The van der Waals surface area contributed by atoms with Crippen LogP contribution in [0.25, 0.3) is 10.8 Å².